The van der Waals surface area contributed by atoms with Crippen molar-refractivity contribution in [1.29, 1.82) is 0 Å². The van der Waals surface area contributed by atoms with Gasteiger partial charge >= 0.3 is 0 Å². The summed E-state index contributed by atoms with van der Waals surface area (Å²) in [5, 5.41) is 3.03. The lowest BCUT2D eigenvalue weighted by molar-refractivity contribution is 0.0953. The summed E-state index contributed by atoms with van der Waals surface area (Å²) in [6.07, 6.45) is 7.87. The minimum atomic E-state index is -0.0397. The Labute approximate surface area is 140 Å². The topological polar surface area (TPSA) is 59.8 Å². The van der Waals surface area contributed by atoms with Gasteiger partial charge in [-0.05, 0) is 49.4 Å². The Morgan fingerprint density at radius 1 is 1.25 bits per heavy atom. The molecule has 3 aromatic rings. The fourth-order valence-corrected chi connectivity index (χ4v) is 2.92. The first kappa shape index (κ1) is 14.9. The van der Waals surface area contributed by atoms with Crippen LogP contribution in [0.25, 0.3) is 11.0 Å². The molecule has 0 atom stereocenters. The Bertz CT molecular complexity index is 895. The monoisotopic (exact) mass is 320 g/mol. The van der Waals surface area contributed by atoms with Crippen LogP contribution in [0, 0.1) is 12.8 Å². The maximum atomic E-state index is 12.5. The average Bonchev–Trinajstić information content (AvgIpc) is 3.36. The molecule has 0 aliphatic heterocycles. The zero-order valence-electron chi connectivity index (χ0n) is 13.7. The molecule has 1 N–H and O–H groups in total. The predicted molar refractivity (Wildman–Crippen MR) is 92.9 cm³/mol. The number of carbonyl (C=O) groups excluding carboxylic acids is 1. The molecule has 5 nitrogen and oxygen atoms in total. The van der Waals surface area contributed by atoms with Crippen LogP contribution in [0.3, 0.4) is 0 Å². The van der Waals surface area contributed by atoms with Crippen molar-refractivity contribution in [1.82, 2.24) is 19.9 Å². The summed E-state index contributed by atoms with van der Waals surface area (Å²) in [6.45, 7) is 3.44. The van der Waals surface area contributed by atoms with Gasteiger partial charge in [-0.15, -0.1) is 0 Å². The number of hydrogen-bond acceptors (Lipinski definition) is 3. The fourth-order valence-electron chi connectivity index (χ4n) is 2.92. The van der Waals surface area contributed by atoms with Gasteiger partial charge in [0.25, 0.3) is 5.91 Å². The lowest BCUT2D eigenvalue weighted by atomic mass is 10.2. The SMILES string of the molecule is Cc1cccnc1Cn1cc(C(=O)NCC2CC2)c2ncccc21. The van der Waals surface area contributed by atoms with E-state index in [1.54, 1.807) is 12.4 Å². The number of aryl methyl sites for hydroxylation is 1. The third-order valence-electron chi connectivity index (χ3n) is 4.57. The summed E-state index contributed by atoms with van der Waals surface area (Å²) in [6, 6.07) is 7.88. The summed E-state index contributed by atoms with van der Waals surface area (Å²) in [7, 11) is 0. The molecule has 122 valence electrons. The Balaban J connectivity index is 1.68. The molecule has 0 bridgehead atoms. The highest BCUT2D eigenvalue weighted by molar-refractivity contribution is 6.05. The number of nitrogens with zero attached hydrogens (tertiary/aromatic N) is 3. The van der Waals surface area contributed by atoms with Crippen LogP contribution in [0.15, 0.2) is 42.9 Å². The van der Waals surface area contributed by atoms with E-state index in [1.165, 1.54) is 12.8 Å². The quantitative estimate of drug-likeness (QED) is 0.786. The molecule has 0 spiro atoms. The molecule has 1 fully saturated rings. The molecule has 0 aromatic carbocycles. The summed E-state index contributed by atoms with van der Waals surface area (Å²) >= 11 is 0. The van der Waals surface area contributed by atoms with E-state index in [4.69, 9.17) is 0 Å². The largest absolute Gasteiger partial charge is 0.352 e. The molecule has 1 aliphatic carbocycles. The molecule has 0 unspecified atom stereocenters. The van der Waals surface area contributed by atoms with Crippen LogP contribution in [0.5, 0.6) is 0 Å². The second-order valence-corrected chi connectivity index (χ2v) is 6.46. The highest BCUT2D eigenvalue weighted by Crippen LogP contribution is 2.28. The first-order valence-electron chi connectivity index (χ1n) is 8.35. The van der Waals surface area contributed by atoms with E-state index in [0.717, 1.165) is 28.8 Å². The van der Waals surface area contributed by atoms with E-state index in [1.807, 2.05) is 24.4 Å². The van der Waals surface area contributed by atoms with Crippen molar-refractivity contribution < 1.29 is 4.79 Å². The molecule has 0 radical (unpaired) electrons. The van der Waals surface area contributed by atoms with Crippen molar-refractivity contribution in [2.75, 3.05) is 6.54 Å². The minimum absolute atomic E-state index is 0.0397. The summed E-state index contributed by atoms with van der Waals surface area (Å²) in [4.78, 5) is 21.4. The van der Waals surface area contributed by atoms with Crippen LogP contribution < -0.4 is 5.32 Å². The normalized spacial score (nSPS) is 14.0. The predicted octanol–water partition coefficient (Wildman–Crippen LogP) is 2.93. The molecule has 0 saturated heterocycles. The van der Waals surface area contributed by atoms with Gasteiger partial charge in [-0.25, -0.2) is 0 Å². The van der Waals surface area contributed by atoms with Gasteiger partial charge < -0.3 is 9.88 Å². The van der Waals surface area contributed by atoms with Gasteiger partial charge in [-0.2, -0.15) is 0 Å². The lowest BCUT2D eigenvalue weighted by Gasteiger charge is -2.07. The molecule has 24 heavy (non-hydrogen) atoms. The van der Waals surface area contributed by atoms with Gasteiger partial charge in [0.15, 0.2) is 0 Å². The van der Waals surface area contributed by atoms with Crippen LogP contribution >= 0.6 is 0 Å². The van der Waals surface area contributed by atoms with Crippen LogP contribution in [-0.2, 0) is 6.54 Å². The van der Waals surface area contributed by atoms with E-state index >= 15 is 0 Å². The van der Waals surface area contributed by atoms with Gasteiger partial charge in [0.2, 0.25) is 0 Å². The molecule has 1 aliphatic rings. The van der Waals surface area contributed by atoms with Crippen LogP contribution in [0.4, 0.5) is 0 Å². The maximum Gasteiger partial charge on any atom is 0.255 e. The lowest BCUT2D eigenvalue weighted by Crippen LogP contribution is -2.25. The zero-order valence-corrected chi connectivity index (χ0v) is 13.7. The Hall–Kier alpha value is -2.69. The smallest absolute Gasteiger partial charge is 0.255 e. The molecule has 1 amide bonds. The van der Waals surface area contributed by atoms with E-state index in [9.17, 15) is 4.79 Å². The van der Waals surface area contributed by atoms with Gasteiger partial charge in [-0.3, -0.25) is 14.8 Å². The van der Waals surface area contributed by atoms with Crippen LogP contribution in [0.1, 0.15) is 34.5 Å². The maximum absolute atomic E-state index is 12.5. The summed E-state index contributed by atoms with van der Waals surface area (Å²) < 4.78 is 2.06. The van der Waals surface area contributed by atoms with E-state index in [0.29, 0.717) is 18.0 Å². The Morgan fingerprint density at radius 3 is 2.83 bits per heavy atom. The van der Waals surface area contributed by atoms with E-state index in [2.05, 4.69) is 32.8 Å². The van der Waals surface area contributed by atoms with Gasteiger partial charge in [0.05, 0.1) is 23.3 Å². The minimum Gasteiger partial charge on any atom is -0.352 e. The highest BCUT2D eigenvalue weighted by Gasteiger charge is 2.23. The molecule has 1 saturated carbocycles. The fraction of sp³-hybridized carbons (Fsp3) is 0.316. The van der Waals surface area contributed by atoms with Gasteiger partial charge in [0.1, 0.15) is 5.52 Å². The van der Waals surface area contributed by atoms with Crippen molar-refractivity contribution in [2.45, 2.75) is 26.3 Å². The van der Waals surface area contributed by atoms with Crippen LogP contribution in [0.2, 0.25) is 0 Å². The second kappa shape index (κ2) is 6.07. The molecule has 5 heteroatoms. The standard InChI is InChI=1S/C19H20N4O/c1-13-4-2-8-20-16(13)12-23-11-15(18-17(23)5-3-9-21-18)19(24)22-10-14-6-7-14/h2-5,8-9,11,14H,6-7,10,12H2,1H3,(H,22,24). The Kier molecular flexibility index (Phi) is 3.76. The first-order chi connectivity index (χ1) is 11.7. The van der Waals surface area contributed by atoms with Crippen molar-refractivity contribution >= 4 is 16.9 Å². The molecule has 4 rings (SSSR count). The average molecular weight is 320 g/mol. The second-order valence-electron chi connectivity index (χ2n) is 6.46. The molecular weight excluding hydrogens is 300 g/mol. The third-order valence-corrected chi connectivity index (χ3v) is 4.57. The van der Waals surface area contributed by atoms with Crippen molar-refractivity contribution in [2.24, 2.45) is 5.92 Å². The Morgan fingerprint density at radius 2 is 2.04 bits per heavy atom. The summed E-state index contributed by atoms with van der Waals surface area (Å²) in [5.74, 6) is 0.619. The third kappa shape index (κ3) is 2.89. The van der Waals surface area contributed by atoms with Crippen molar-refractivity contribution in [3.05, 3.63) is 59.7 Å². The van der Waals surface area contributed by atoms with E-state index < -0.39 is 0 Å². The highest BCUT2D eigenvalue weighted by atomic mass is 16.1. The molecule has 3 heterocycles. The molecule has 3 aromatic heterocycles. The number of amides is 1. The first-order valence-corrected chi connectivity index (χ1v) is 8.35. The summed E-state index contributed by atoms with van der Waals surface area (Å²) in [5.41, 5.74) is 4.49. The number of fused-ring (bicyclic) bond motifs is 1. The molecular formula is C19H20N4O. The van der Waals surface area contributed by atoms with E-state index in [-0.39, 0.29) is 5.91 Å². The number of rotatable bonds is 5. The number of nitrogens with one attached hydrogen (secondary N) is 1. The van der Waals surface area contributed by atoms with Crippen molar-refractivity contribution in [3.8, 4) is 0 Å². The van der Waals surface area contributed by atoms with Crippen molar-refractivity contribution in [3.63, 3.8) is 0 Å². The zero-order chi connectivity index (χ0) is 16.5. The van der Waals surface area contributed by atoms with Crippen LogP contribution in [-0.4, -0.2) is 27.0 Å². The van der Waals surface area contributed by atoms with Gasteiger partial charge in [0, 0.05) is 25.1 Å². The number of aromatic nitrogens is 3. The number of pyridine rings is 2. The van der Waals surface area contributed by atoms with Gasteiger partial charge in [-0.1, -0.05) is 6.07 Å². The number of hydrogen-bond donors (Lipinski definition) is 1. The number of carbonyl (C=O) groups is 1.